The van der Waals surface area contributed by atoms with Gasteiger partial charge < -0.3 is 15.2 Å². The smallest absolute Gasteiger partial charge is 0.123 e. The Bertz CT molecular complexity index is 514. The zero-order valence-electron chi connectivity index (χ0n) is 10.5. The molecular weight excluding hydrogens is 306 g/mol. The Hall–Kier alpha value is -1.52. The zero-order chi connectivity index (χ0) is 13.5. The van der Waals surface area contributed by atoms with Gasteiger partial charge in [0.25, 0.3) is 0 Å². The van der Waals surface area contributed by atoms with Crippen LogP contribution in [-0.4, -0.2) is 13.2 Å². The third-order valence-corrected chi connectivity index (χ3v) is 3.14. The van der Waals surface area contributed by atoms with Crippen molar-refractivity contribution < 1.29 is 9.47 Å². The topological polar surface area (TPSA) is 44.5 Å². The second-order valence-corrected chi connectivity index (χ2v) is 4.88. The molecule has 0 saturated carbocycles. The normalized spacial score (nSPS) is 10.2. The highest BCUT2D eigenvalue weighted by atomic mass is 79.9. The van der Waals surface area contributed by atoms with Gasteiger partial charge in [0, 0.05) is 16.6 Å². The van der Waals surface area contributed by atoms with Crippen LogP contribution >= 0.6 is 15.9 Å². The number of rotatable bonds is 6. The first-order valence-corrected chi connectivity index (χ1v) is 6.88. The fourth-order valence-electron chi connectivity index (χ4n) is 1.66. The molecule has 0 aliphatic heterocycles. The van der Waals surface area contributed by atoms with Gasteiger partial charge >= 0.3 is 0 Å². The van der Waals surface area contributed by atoms with E-state index in [-0.39, 0.29) is 0 Å². The molecule has 0 heterocycles. The molecule has 0 spiro atoms. The number of benzene rings is 2. The maximum absolute atomic E-state index is 5.66. The van der Waals surface area contributed by atoms with Gasteiger partial charge in [-0.15, -0.1) is 0 Å². The molecule has 100 valence electrons. The van der Waals surface area contributed by atoms with Crippen LogP contribution in [0.4, 0.5) is 0 Å². The SMILES string of the molecule is NCc1ccccc1OCCOc1ccc(Br)cc1. The molecule has 2 aromatic carbocycles. The first-order chi connectivity index (χ1) is 9.29. The van der Waals surface area contributed by atoms with Crippen LogP contribution < -0.4 is 15.2 Å². The average Bonchev–Trinajstić information content (AvgIpc) is 2.46. The molecule has 2 rings (SSSR count). The quantitative estimate of drug-likeness (QED) is 0.830. The Morgan fingerprint density at radius 2 is 1.58 bits per heavy atom. The fraction of sp³-hybridized carbons (Fsp3) is 0.200. The molecule has 0 aromatic heterocycles. The van der Waals surface area contributed by atoms with E-state index in [1.165, 1.54) is 0 Å². The lowest BCUT2D eigenvalue weighted by atomic mass is 10.2. The first kappa shape index (κ1) is 13.9. The average molecular weight is 322 g/mol. The molecule has 0 aliphatic rings. The molecule has 2 aromatic rings. The lowest BCUT2D eigenvalue weighted by Crippen LogP contribution is -2.10. The second-order valence-electron chi connectivity index (χ2n) is 3.96. The monoisotopic (exact) mass is 321 g/mol. The van der Waals surface area contributed by atoms with E-state index >= 15 is 0 Å². The predicted octanol–water partition coefficient (Wildman–Crippen LogP) is 3.37. The van der Waals surface area contributed by atoms with Gasteiger partial charge in [-0.05, 0) is 30.3 Å². The summed E-state index contributed by atoms with van der Waals surface area (Å²) in [6, 6.07) is 15.5. The minimum Gasteiger partial charge on any atom is -0.490 e. The Kier molecular flexibility index (Phi) is 5.24. The summed E-state index contributed by atoms with van der Waals surface area (Å²) in [7, 11) is 0. The van der Waals surface area contributed by atoms with Crippen LogP contribution in [0.2, 0.25) is 0 Å². The number of hydrogen-bond donors (Lipinski definition) is 1. The summed E-state index contributed by atoms with van der Waals surface area (Å²) < 4.78 is 12.3. The molecule has 0 saturated heterocycles. The van der Waals surface area contributed by atoms with Crippen molar-refractivity contribution in [2.45, 2.75) is 6.54 Å². The van der Waals surface area contributed by atoms with Crippen molar-refractivity contribution >= 4 is 15.9 Å². The van der Waals surface area contributed by atoms with Crippen LogP contribution in [0.5, 0.6) is 11.5 Å². The standard InChI is InChI=1S/C15H16BrNO2/c16-13-5-7-14(8-6-13)18-9-10-19-15-4-2-1-3-12(15)11-17/h1-8H,9-11,17H2. The number of hydrogen-bond acceptors (Lipinski definition) is 3. The lowest BCUT2D eigenvalue weighted by Gasteiger charge is -2.11. The molecule has 4 heteroatoms. The van der Waals surface area contributed by atoms with Gasteiger partial charge in [0.15, 0.2) is 0 Å². The third-order valence-electron chi connectivity index (χ3n) is 2.62. The number of para-hydroxylation sites is 1. The van der Waals surface area contributed by atoms with Crippen LogP contribution in [0.1, 0.15) is 5.56 Å². The first-order valence-electron chi connectivity index (χ1n) is 6.09. The molecule has 2 N–H and O–H groups in total. The molecule has 0 amide bonds. The highest BCUT2D eigenvalue weighted by Gasteiger charge is 2.00. The van der Waals surface area contributed by atoms with Crippen LogP contribution in [0.15, 0.2) is 53.0 Å². The van der Waals surface area contributed by atoms with Crippen LogP contribution in [-0.2, 0) is 6.54 Å². The maximum atomic E-state index is 5.66. The summed E-state index contributed by atoms with van der Waals surface area (Å²) in [4.78, 5) is 0. The molecular formula is C15H16BrNO2. The minimum atomic E-state index is 0.476. The summed E-state index contributed by atoms with van der Waals surface area (Å²) in [5.74, 6) is 1.66. The Morgan fingerprint density at radius 3 is 2.32 bits per heavy atom. The maximum Gasteiger partial charge on any atom is 0.123 e. The summed E-state index contributed by atoms with van der Waals surface area (Å²) in [6.07, 6.45) is 0. The van der Waals surface area contributed by atoms with Crippen LogP contribution in [0, 0.1) is 0 Å². The van der Waals surface area contributed by atoms with E-state index in [9.17, 15) is 0 Å². The summed E-state index contributed by atoms with van der Waals surface area (Å²) in [6.45, 7) is 1.47. The van der Waals surface area contributed by atoms with E-state index in [1.54, 1.807) is 0 Å². The lowest BCUT2D eigenvalue weighted by molar-refractivity contribution is 0.216. The molecule has 3 nitrogen and oxygen atoms in total. The Morgan fingerprint density at radius 1 is 0.895 bits per heavy atom. The van der Waals surface area contributed by atoms with Gasteiger partial charge in [-0.25, -0.2) is 0 Å². The molecule has 0 fully saturated rings. The van der Waals surface area contributed by atoms with Gasteiger partial charge in [-0.2, -0.15) is 0 Å². The fourth-order valence-corrected chi connectivity index (χ4v) is 1.92. The molecule has 0 radical (unpaired) electrons. The van der Waals surface area contributed by atoms with E-state index in [1.807, 2.05) is 48.5 Å². The summed E-state index contributed by atoms with van der Waals surface area (Å²) >= 11 is 3.38. The van der Waals surface area contributed by atoms with Gasteiger partial charge in [0.05, 0.1) is 0 Å². The molecule has 0 bridgehead atoms. The zero-order valence-corrected chi connectivity index (χ0v) is 12.1. The van der Waals surface area contributed by atoms with Crippen molar-refractivity contribution in [2.75, 3.05) is 13.2 Å². The van der Waals surface area contributed by atoms with Crippen molar-refractivity contribution in [3.05, 3.63) is 58.6 Å². The van der Waals surface area contributed by atoms with Crippen molar-refractivity contribution in [3.8, 4) is 11.5 Å². The van der Waals surface area contributed by atoms with Crippen molar-refractivity contribution in [3.63, 3.8) is 0 Å². The van der Waals surface area contributed by atoms with E-state index in [4.69, 9.17) is 15.2 Å². The van der Waals surface area contributed by atoms with Gasteiger partial charge in [0.2, 0.25) is 0 Å². The molecule has 0 unspecified atom stereocenters. The predicted molar refractivity (Wildman–Crippen MR) is 79.5 cm³/mol. The summed E-state index contributed by atoms with van der Waals surface area (Å²) in [5.41, 5.74) is 6.65. The third kappa shape index (κ3) is 4.26. The van der Waals surface area contributed by atoms with Crippen molar-refractivity contribution in [1.82, 2.24) is 0 Å². The minimum absolute atomic E-state index is 0.476. The Balaban J connectivity index is 1.79. The van der Waals surface area contributed by atoms with Gasteiger partial charge in [0.1, 0.15) is 24.7 Å². The number of halogens is 1. The van der Waals surface area contributed by atoms with E-state index in [0.717, 1.165) is 21.5 Å². The van der Waals surface area contributed by atoms with Gasteiger partial charge in [-0.1, -0.05) is 34.1 Å². The van der Waals surface area contributed by atoms with Gasteiger partial charge in [-0.3, -0.25) is 0 Å². The van der Waals surface area contributed by atoms with Crippen LogP contribution in [0.25, 0.3) is 0 Å². The largest absolute Gasteiger partial charge is 0.490 e. The van der Waals surface area contributed by atoms with Crippen molar-refractivity contribution in [1.29, 1.82) is 0 Å². The Labute approximate surface area is 121 Å². The van der Waals surface area contributed by atoms with E-state index < -0.39 is 0 Å². The molecule has 19 heavy (non-hydrogen) atoms. The second kappa shape index (κ2) is 7.16. The van der Waals surface area contributed by atoms with Crippen LogP contribution in [0.3, 0.4) is 0 Å². The highest BCUT2D eigenvalue weighted by Crippen LogP contribution is 2.18. The van der Waals surface area contributed by atoms with E-state index in [0.29, 0.717) is 19.8 Å². The molecule has 0 atom stereocenters. The number of nitrogens with two attached hydrogens (primary N) is 1. The van der Waals surface area contributed by atoms with E-state index in [2.05, 4.69) is 15.9 Å². The highest BCUT2D eigenvalue weighted by molar-refractivity contribution is 9.10. The molecule has 0 aliphatic carbocycles. The number of ether oxygens (including phenoxy) is 2. The van der Waals surface area contributed by atoms with Crippen molar-refractivity contribution in [2.24, 2.45) is 5.73 Å². The summed E-state index contributed by atoms with van der Waals surface area (Å²) in [5, 5.41) is 0.